The van der Waals surface area contributed by atoms with E-state index in [-0.39, 0.29) is 5.91 Å². The van der Waals surface area contributed by atoms with Crippen molar-refractivity contribution in [3.05, 3.63) is 24.1 Å². The smallest absolute Gasteiger partial charge is 0.239 e. The lowest BCUT2D eigenvalue weighted by molar-refractivity contribution is -0.117. The topological polar surface area (TPSA) is 45.2 Å². The summed E-state index contributed by atoms with van der Waals surface area (Å²) < 4.78 is 12.7. The van der Waals surface area contributed by atoms with E-state index in [0.717, 1.165) is 31.1 Å². The van der Waals surface area contributed by atoms with Gasteiger partial charge in [-0.2, -0.15) is 0 Å². The van der Waals surface area contributed by atoms with Crippen LogP contribution in [0.25, 0.3) is 0 Å². The normalized spacial score (nSPS) is 26.5. The molecule has 2 atom stereocenters. The van der Waals surface area contributed by atoms with Crippen molar-refractivity contribution in [1.29, 1.82) is 0 Å². The van der Waals surface area contributed by atoms with Crippen LogP contribution in [0.5, 0.6) is 0 Å². The number of nitrogens with zero attached hydrogens (tertiary/aromatic N) is 2. The van der Waals surface area contributed by atoms with Gasteiger partial charge in [-0.3, -0.25) is 9.69 Å². The fourth-order valence-electron chi connectivity index (χ4n) is 2.82. The van der Waals surface area contributed by atoms with E-state index in [4.69, 9.17) is 0 Å². The Morgan fingerprint density at radius 1 is 1.39 bits per heavy atom. The molecule has 1 aromatic heterocycles. The molecule has 1 amide bonds. The number of hydrogen-bond acceptors (Lipinski definition) is 3. The highest BCUT2D eigenvalue weighted by atomic mass is 19.1. The molecule has 0 bridgehead atoms. The molecular formula is C13H16FN3O. The third-order valence-corrected chi connectivity index (χ3v) is 3.92. The molecule has 2 heterocycles. The minimum absolute atomic E-state index is 0.0737. The van der Waals surface area contributed by atoms with Gasteiger partial charge in [0, 0.05) is 13.1 Å². The standard InChI is InChI=1S/C13H16FN3O/c14-11-3-4-12(15-5-11)16-13(18)8-17-6-9-1-2-10(9)7-17/h3-5,9-10H,1-2,6-8H2,(H,15,16,18)/t9-,10+. The number of pyridine rings is 1. The number of nitrogens with one attached hydrogen (secondary N) is 1. The Hall–Kier alpha value is -1.49. The Kier molecular flexibility index (Phi) is 2.99. The van der Waals surface area contributed by atoms with Crippen LogP contribution in [0.2, 0.25) is 0 Å². The first-order chi connectivity index (χ1) is 8.70. The first kappa shape index (κ1) is 11.6. The molecule has 1 aliphatic carbocycles. The zero-order chi connectivity index (χ0) is 12.5. The van der Waals surface area contributed by atoms with Gasteiger partial charge in [0.1, 0.15) is 11.6 Å². The summed E-state index contributed by atoms with van der Waals surface area (Å²) in [6, 6.07) is 2.76. The summed E-state index contributed by atoms with van der Waals surface area (Å²) in [4.78, 5) is 17.8. The molecule has 96 valence electrons. The van der Waals surface area contributed by atoms with Crippen LogP contribution in [0.3, 0.4) is 0 Å². The van der Waals surface area contributed by atoms with Gasteiger partial charge >= 0.3 is 0 Å². The molecule has 2 aliphatic rings. The van der Waals surface area contributed by atoms with E-state index in [9.17, 15) is 9.18 Å². The summed E-state index contributed by atoms with van der Waals surface area (Å²) in [6.07, 6.45) is 3.72. The third-order valence-electron chi connectivity index (χ3n) is 3.92. The van der Waals surface area contributed by atoms with Gasteiger partial charge in [-0.1, -0.05) is 0 Å². The van der Waals surface area contributed by atoms with Gasteiger partial charge in [0.2, 0.25) is 5.91 Å². The molecule has 4 nitrogen and oxygen atoms in total. The number of aromatic nitrogens is 1. The molecule has 5 heteroatoms. The Morgan fingerprint density at radius 2 is 2.11 bits per heavy atom. The second-order valence-corrected chi connectivity index (χ2v) is 5.20. The molecular weight excluding hydrogens is 233 g/mol. The van der Waals surface area contributed by atoms with Crippen LogP contribution in [-0.4, -0.2) is 35.4 Å². The highest BCUT2D eigenvalue weighted by molar-refractivity contribution is 5.91. The Bertz CT molecular complexity index is 436. The van der Waals surface area contributed by atoms with Crippen LogP contribution >= 0.6 is 0 Å². The molecule has 2 fully saturated rings. The van der Waals surface area contributed by atoms with Gasteiger partial charge in [0.25, 0.3) is 0 Å². The first-order valence-electron chi connectivity index (χ1n) is 6.34. The fraction of sp³-hybridized carbons (Fsp3) is 0.538. The van der Waals surface area contributed by atoms with Crippen molar-refractivity contribution >= 4 is 11.7 Å². The maximum atomic E-state index is 12.7. The summed E-state index contributed by atoms with van der Waals surface area (Å²) in [5.74, 6) is 1.55. The van der Waals surface area contributed by atoms with Crippen LogP contribution < -0.4 is 5.32 Å². The Morgan fingerprint density at radius 3 is 2.67 bits per heavy atom. The second kappa shape index (κ2) is 4.65. The number of carbonyl (C=O) groups excluding carboxylic acids is 1. The molecule has 1 N–H and O–H groups in total. The second-order valence-electron chi connectivity index (χ2n) is 5.20. The maximum Gasteiger partial charge on any atom is 0.239 e. The predicted octanol–water partition coefficient (Wildman–Crippen LogP) is 1.50. The average Bonchev–Trinajstić information content (AvgIpc) is 2.59. The Labute approximate surface area is 105 Å². The predicted molar refractivity (Wildman–Crippen MR) is 65.5 cm³/mol. The van der Waals surface area contributed by atoms with Gasteiger partial charge in [-0.25, -0.2) is 9.37 Å². The van der Waals surface area contributed by atoms with Crippen LogP contribution in [0.4, 0.5) is 10.2 Å². The minimum atomic E-state index is -0.399. The number of carbonyl (C=O) groups is 1. The van der Waals surface area contributed by atoms with E-state index in [1.165, 1.54) is 25.0 Å². The Balaban J connectivity index is 1.51. The third kappa shape index (κ3) is 2.36. The van der Waals surface area contributed by atoms with Crippen molar-refractivity contribution in [3.8, 4) is 0 Å². The first-order valence-corrected chi connectivity index (χ1v) is 6.34. The molecule has 0 spiro atoms. The lowest BCUT2D eigenvalue weighted by Gasteiger charge is -2.28. The lowest BCUT2D eigenvalue weighted by Crippen LogP contribution is -2.31. The van der Waals surface area contributed by atoms with Crippen molar-refractivity contribution in [2.75, 3.05) is 25.0 Å². The van der Waals surface area contributed by atoms with Gasteiger partial charge in [-0.15, -0.1) is 0 Å². The van der Waals surface area contributed by atoms with Gasteiger partial charge in [-0.05, 0) is 36.8 Å². The monoisotopic (exact) mass is 249 g/mol. The average molecular weight is 249 g/mol. The van der Waals surface area contributed by atoms with Gasteiger partial charge in [0.05, 0.1) is 12.7 Å². The van der Waals surface area contributed by atoms with Crippen molar-refractivity contribution in [3.63, 3.8) is 0 Å². The SMILES string of the molecule is O=C(CN1C[C@H]2CC[C@H]2C1)Nc1ccc(F)cn1. The van der Waals surface area contributed by atoms with Crippen molar-refractivity contribution in [1.82, 2.24) is 9.88 Å². The summed E-state index contributed by atoms with van der Waals surface area (Å²) in [7, 11) is 0. The quantitative estimate of drug-likeness (QED) is 0.883. The molecule has 0 radical (unpaired) electrons. The van der Waals surface area contributed by atoms with Gasteiger partial charge in [0.15, 0.2) is 0 Å². The molecule has 0 aromatic carbocycles. The molecule has 1 saturated heterocycles. The summed E-state index contributed by atoms with van der Waals surface area (Å²) in [5, 5.41) is 2.69. The van der Waals surface area contributed by atoms with E-state index in [1.807, 2.05) is 0 Å². The number of rotatable bonds is 3. The lowest BCUT2D eigenvalue weighted by atomic mass is 9.77. The van der Waals surface area contributed by atoms with E-state index in [1.54, 1.807) is 0 Å². The van der Waals surface area contributed by atoms with Crippen molar-refractivity contribution < 1.29 is 9.18 Å². The molecule has 18 heavy (non-hydrogen) atoms. The number of fused-ring (bicyclic) bond motifs is 1. The van der Waals surface area contributed by atoms with Crippen LogP contribution in [-0.2, 0) is 4.79 Å². The van der Waals surface area contributed by atoms with Gasteiger partial charge < -0.3 is 5.32 Å². The highest BCUT2D eigenvalue weighted by Gasteiger charge is 2.39. The number of anilines is 1. The number of halogens is 1. The van der Waals surface area contributed by atoms with E-state index in [2.05, 4.69) is 15.2 Å². The van der Waals surface area contributed by atoms with Crippen molar-refractivity contribution in [2.24, 2.45) is 11.8 Å². The van der Waals surface area contributed by atoms with Crippen molar-refractivity contribution in [2.45, 2.75) is 12.8 Å². The van der Waals surface area contributed by atoms with E-state index in [0.29, 0.717) is 12.4 Å². The molecule has 1 aromatic rings. The molecule has 3 rings (SSSR count). The molecule has 0 unspecified atom stereocenters. The minimum Gasteiger partial charge on any atom is -0.310 e. The van der Waals surface area contributed by atoms with E-state index < -0.39 is 5.82 Å². The zero-order valence-electron chi connectivity index (χ0n) is 10.1. The van der Waals surface area contributed by atoms with Crippen LogP contribution in [0, 0.1) is 17.7 Å². The summed E-state index contributed by atoms with van der Waals surface area (Å²) in [6.45, 7) is 2.48. The highest BCUT2D eigenvalue weighted by Crippen LogP contribution is 2.40. The molecule has 1 aliphatic heterocycles. The summed E-state index contributed by atoms with van der Waals surface area (Å²) in [5.41, 5.74) is 0. The molecule has 1 saturated carbocycles. The van der Waals surface area contributed by atoms with E-state index >= 15 is 0 Å². The van der Waals surface area contributed by atoms with Crippen LogP contribution in [0.1, 0.15) is 12.8 Å². The van der Waals surface area contributed by atoms with Crippen LogP contribution in [0.15, 0.2) is 18.3 Å². The fourth-order valence-corrected chi connectivity index (χ4v) is 2.82. The number of amides is 1. The maximum absolute atomic E-state index is 12.7. The summed E-state index contributed by atoms with van der Waals surface area (Å²) >= 11 is 0. The number of hydrogen-bond donors (Lipinski definition) is 1. The largest absolute Gasteiger partial charge is 0.310 e. The number of likely N-dealkylation sites (tertiary alicyclic amines) is 1. The zero-order valence-corrected chi connectivity index (χ0v) is 10.1.